The molecule has 1 N–H and O–H groups in total. The SMILES string of the molecule is COCOc1ccc(C(=O)OC)c(OCOC)c1NC(=O)CCCl. The van der Waals surface area contributed by atoms with Crippen LogP contribution < -0.4 is 14.8 Å². The molecule has 0 aliphatic heterocycles. The summed E-state index contributed by atoms with van der Waals surface area (Å²) in [6, 6.07) is 2.96. The molecule has 1 rings (SSSR count). The van der Waals surface area contributed by atoms with Crippen LogP contribution >= 0.6 is 11.6 Å². The van der Waals surface area contributed by atoms with Gasteiger partial charge in [0.1, 0.15) is 17.0 Å². The van der Waals surface area contributed by atoms with E-state index in [0.717, 1.165) is 0 Å². The average Bonchev–Trinajstić information content (AvgIpc) is 2.58. The molecule has 0 aromatic heterocycles. The summed E-state index contributed by atoms with van der Waals surface area (Å²) in [5.41, 5.74) is 0.280. The molecule has 0 fully saturated rings. The Morgan fingerprint density at radius 3 is 2.33 bits per heavy atom. The summed E-state index contributed by atoms with van der Waals surface area (Å²) in [6.07, 6.45) is 0.0808. The Hall–Kier alpha value is -2.03. The number of methoxy groups -OCH3 is 3. The van der Waals surface area contributed by atoms with Crippen molar-refractivity contribution in [2.75, 3.05) is 46.1 Å². The summed E-state index contributed by atoms with van der Waals surface area (Å²) in [4.78, 5) is 23.9. The van der Waals surface area contributed by atoms with Crippen molar-refractivity contribution in [2.45, 2.75) is 6.42 Å². The fourth-order valence-corrected chi connectivity index (χ4v) is 1.92. The van der Waals surface area contributed by atoms with Gasteiger partial charge in [-0.2, -0.15) is 0 Å². The third-order valence-corrected chi connectivity index (χ3v) is 2.95. The maximum absolute atomic E-state index is 11.9. The van der Waals surface area contributed by atoms with E-state index in [4.69, 9.17) is 35.3 Å². The largest absolute Gasteiger partial charge is 0.465 e. The summed E-state index contributed by atoms with van der Waals surface area (Å²) < 4.78 is 25.3. The number of rotatable bonds is 10. The molecule has 0 unspecified atom stereocenters. The zero-order valence-corrected chi connectivity index (χ0v) is 14.5. The highest BCUT2D eigenvalue weighted by atomic mass is 35.5. The molecule has 9 heteroatoms. The first-order chi connectivity index (χ1) is 11.6. The predicted molar refractivity (Wildman–Crippen MR) is 86.8 cm³/mol. The highest BCUT2D eigenvalue weighted by Crippen LogP contribution is 2.38. The first-order valence-corrected chi connectivity index (χ1v) is 7.47. The predicted octanol–water partition coefficient (Wildman–Crippen LogP) is 2.01. The Bertz CT molecular complexity index is 565. The lowest BCUT2D eigenvalue weighted by molar-refractivity contribution is -0.115. The van der Waals surface area contributed by atoms with Gasteiger partial charge in [-0.25, -0.2) is 4.79 Å². The summed E-state index contributed by atoms with van der Waals surface area (Å²) in [5, 5.41) is 2.62. The lowest BCUT2D eigenvalue weighted by atomic mass is 10.1. The van der Waals surface area contributed by atoms with Crippen molar-refractivity contribution in [1.29, 1.82) is 0 Å². The van der Waals surface area contributed by atoms with Crippen molar-refractivity contribution in [3.05, 3.63) is 17.7 Å². The van der Waals surface area contributed by atoms with Crippen LogP contribution in [-0.2, 0) is 19.0 Å². The number of ether oxygens (including phenoxy) is 5. The van der Waals surface area contributed by atoms with Crippen LogP contribution in [0, 0.1) is 0 Å². The highest BCUT2D eigenvalue weighted by molar-refractivity contribution is 6.19. The molecule has 0 radical (unpaired) electrons. The Morgan fingerprint density at radius 2 is 1.75 bits per heavy atom. The van der Waals surface area contributed by atoms with Gasteiger partial charge >= 0.3 is 5.97 Å². The topological polar surface area (TPSA) is 92.3 Å². The van der Waals surface area contributed by atoms with Crippen LogP contribution in [0.2, 0.25) is 0 Å². The molecule has 1 amide bonds. The lowest BCUT2D eigenvalue weighted by Gasteiger charge is -2.18. The smallest absolute Gasteiger partial charge is 0.341 e. The van der Waals surface area contributed by atoms with Gasteiger partial charge in [0.25, 0.3) is 0 Å². The maximum atomic E-state index is 11.9. The van der Waals surface area contributed by atoms with Gasteiger partial charge in [0, 0.05) is 26.5 Å². The van der Waals surface area contributed by atoms with Gasteiger partial charge in [0.15, 0.2) is 19.3 Å². The van der Waals surface area contributed by atoms with Crippen LogP contribution in [-0.4, -0.2) is 52.7 Å². The van der Waals surface area contributed by atoms with Crippen molar-refractivity contribution >= 4 is 29.2 Å². The first kappa shape index (κ1) is 20.0. The quantitative estimate of drug-likeness (QED) is 0.387. The van der Waals surface area contributed by atoms with Crippen molar-refractivity contribution in [2.24, 2.45) is 0 Å². The fourth-order valence-electron chi connectivity index (χ4n) is 1.75. The fraction of sp³-hybridized carbons (Fsp3) is 0.467. The molecule has 0 saturated heterocycles. The van der Waals surface area contributed by atoms with E-state index < -0.39 is 5.97 Å². The monoisotopic (exact) mass is 361 g/mol. The second kappa shape index (κ2) is 10.7. The zero-order chi connectivity index (χ0) is 17.9. The summed E-state index contributed by atoms with van der Waals surface area (Å²) in [6.45, 7) is -0.199. The minimum atomic E-state index is -0.632. The Labute approximate surface area is 144 Å². The Morgan fingerprint density at radius 1 is 1.08 bits per heavy atom. The van der Waals surface area contributed by atoms with Crippen molar-refractivity contribution in [3.63, 3.8) is 0 Å². The van der Waals surface area contributed by atoms with Crippen molar-refractivity contribution in [1.82, 2.24) is 0 Å². The number of hydrogen-bond acceptors (Lipinski definition) is 7. The van der Waals surface area contributed by atoms with E-state index in [1.54, 1.807) is 0 Å². The summed E-state index contributed by atoms with van der Waals surface area (Å²) in [5.74, 6) is -0.520. The van der Waals surface area contributed by atoms with E-state index in [2.05, 4.69) is 5.32 Å². The Kier molecular flexibility index (Phi) is 8.92. The number of hydrogen-bond donors (Lipinski definition) is 1. The number of halogens is 1. The summed E-state index contributed by atoms with van der Waals surface area (Å²) >= 11 is 5.58. The Balaban J connectivity index is 3.34. The number of anilines is 1. The van der Waals surface area contributed by atoms with Crippen LogP contribution in [0.3, 0.4) is 0 Å². The van der Waals surface area contributed by atoms with Gasteiger partial charge in [-0.1, -0.05) is 0 Å². The summed E-state index contributed by atoms with van der Waals surface area (Å²) in [7, 11) is 4.12. The standard InChI is InChI=1S/C15H20ClNO7/c1-20-8-23-11-5-4-10(15(19)22-3)14(24-9-21-2)13(11)17-12(18)6-7-16/h4-5H,6-9H2,1-3H3,(H,17,18). The lowest BCUT2D eigenvalue weighted by Crippen LogP contribution is -2.17. The maximum Gasteiger partial charge on any atom is 0.341 e. The molecule has 1 aromatic carbocycles. The number of carbonyl (C=O) groups is 2. The number of esters is 1. The average molecular weight is 362 g/mol. The van der Waals surface area contributed by atoms with Crippen LogP contribution in [0.25, 0.3) is 0 Å². The minimum Gasteiger partial charge on any atom is -0.465 e. The molecule has 0 spiro atoms. The van der Waals surface area contributed by atoms with Gasteiger partial charge < -0.3 is 29.0 Å². The van der Waals surface area contributed by atoms with Crippen LogP contribution in [0.4, 0.5) is 5.69 Å². The third-order valence-electron chi connectivity index (χ3n) is 2.76. The second-order valence-corrected chi connectivity index (χ2v) is 4.77. The molecule has 8 nitrogen and oxygen atoms in total. The van der Waals surface area contributed by atoms with E-state index in [1.807, 2.05) is 0 Å². The minimum absolute atomic E-state index is 0.0559. The normalized spacial score (nSPS) is 10.2. The first-order valence-electron chi connectivity index (χ1n) is 6.93. The van der Waals surface area contributed by atoms with Gasteiger partial charge in [0.2, 0.25) is 5.91 Å². The number of benzene rings is 1. The van der Waals surface area contributed by atoms with Gasteiger partial charge in [0.05, 0.1) is 7.11 Å². The van der Waals surface area contributed by atoms with Crippen molar-refractivity contribution in [3.8, 4) is 11.5 Å². The van der Waals surface area contributed by atoms with E-state index >= 15 is 0 Å². The van der Waals surface area contributed by atoms with Gasteiger partial charge in [-0.05, 0) is 12.1 Å². The van der Waals surface area contributed by atoms with Crippen LogP contribution in [0.15, 0.2) is 12.1 Å². The molecule has 0 aliphatic rings. The molecule has 0 atom stereocenters. The van der Waals surface area contributed by atoms with Crippen molar-refractivity contribution < 1.29 is 33.3 Å². The number of alkyl halides is 1. The number of nitrogens with one attached hydrogen (secondary N) is 1. The molecule has 1 aromatic rings. The van der Waals surface area contributed by atoms with E-state index in [-0.39, 0.29) is 54.5 Å². The molecule has 0 saturated carbocycles. The molecule has 0 bridgehead atoms. The van der Waals surface area contributed by atoms with Gasteiger partial charge in [-0.3, -0.25) is 4.79 Å². The van der Waals surface area contributed by atoms with Gasteiger partial charge in [-0.15, -0.1) is 11.6 Å². The number of amides is 1. The molecule has 0 heterocycles. The highest BCUT2D eigenvalue weighted by Gasteiger charge is 2.23. The molecule has 24 heavy (non-hydrogen) atoms. The van der Waals surface area contributed by atoms with E-state index in [0.29, 0.717) is 0 Å². The molecular formula is C15H20ClNO7. The molecule has 134 valence electrons. The van der Waals surface area contributed by atoms with E-state index in [1.165, 1.54) is 33.5 Å². The second-order valence-electron chi connectivity index (χ2n) is 4.40. The molecule has 0 aliphatic carbocycles. The van der Waals surface area contributed by atoms with Crippen LogP contribution in [0.5, 0.6) is 11.5 Å². The number of carbonyl (C=O) groups excluding carboxylic acids is 2. The van der Waals surface area contributed by atoms with Crippen LogP contribution in [0.1, 0.15) is 16.8 Å². The van der Waals surface area contributed by atoms with E-state index in [9.17, 15) is 9.59 Å². The third kappa shape index (κ3) is 5.55. The molecular weight excluding hydrogens is 342 g/mol. The zero-order valence-electron chi connectivity index (χ0n) is 13.7.